The first kappa shape index (κ1) is 19.5. The van der Waals surface area contributed by atoms with E-state index in [1.807, 2.05) is 11.1 Å². The fraction of sp³-hybridized carbons (Fsp3) is 0.840. The summed E-state index contributed by atoms with van der Waals surface area (Å²) in [5.41, 5.74) is 3.77. The summed E-state index contributed by atoms with van der Waals surface area (Å²) < 4.78 is 0.977. The Bertz CT molecular complexity index is 518. The number of hydrogen-bond acceptors (Lipinski definition) is 0. The molecule has 0 aliphatic heterocycles. The average molecular weight is 466 g/mol. The summed E-state index contributed by atoms with van der Waals surface area (Å²) in [6, 6.07) is 0. The van der Waals surface area contributed by atoms with Gasteiger partial charge in [-0.1, -0.05) is 52.7 Å². The predicted octanol–water partition coefficient (Wildman–Crippen LogP) is 8.26. The highest BCUT2D eigenvalue weighted by Crippen LogP contribution is 2.48. The summed E-state index contributed by atoms with van der Waals surface area (Å²) in [7, 11) is 0. The van der Waals surface area contributed by atoms with Crippen LogP contribution in [0.3, 0.4) is 0 Å². The van der Waals surface area contributed by atoms with Gasteiger partial charge in [-0.2, -0.15) is 0 Å². The molecule has 5 unspecified atom stereocenters. The Morgan fingerprint density at radius 2 is 1.69 bits per heavy atom. The molecule has 4 aliphatic carbocycles. The predicted molar refractivity (Wildman–Crippen MR) is 122 cm³/mol. The van der Waals surface area contributed by atoms with Crippen molar-refractivity contribution in [1.82, 2.24) is 0 Å². The summed E-state index contributed by atoms with van der Waals surface area (Å²) in [5, 5.41) is 0. The van der Waals surface area contributed by atoms with E-state index in [9.17, 15) is 0 Å². The summed E-state index contributed by atoms with van der Waals surface area (Å²) in [6.45, 7) is 4.10. The van der Waals surface area contributed by atoms with Crippen LogP contribution in [-0.2, 0) is 0 Å². The highest BCUT2D eigenvalue weighted by Gasteiger charge is 2.36. The van der Waals surface area contributed by atoms with Crippen molar-refractivity contribution in [2.24, 2.45) is 29.6 Å². The number of allylic oxidation sites excluding steroid dienone is 3. The van der Waals surface area contributed by atoms with Gasteiger partial charge in [-0.3, -0.25) is 0 Å². The van der Waals surface area contributed by atoms with Gasteiger partial charge < -0.3 is 0 Å². The quantitative estimate of drug-likeness (QED) is 0.217. The molecule has 0 aromatic heterocycles. The average Bonchev–Trinajstić information content (AvgIpc) is 2.67. The van der Waals surface area contributed by atoms with Crippen molar-refractivity contribution in [2.45, 2.75) is 100 Å². The lowest BCUT2D eigenvalue weighted by molar-refractivity contribution is 0.123. The second-order valence-corrected chi connectivity index (χ2v) is 11.7. The molecule has 4 rings (SSSR count). The molecule has 2 saturated carbocycles. The van der Waals surface area contributed by atoms with Crippen LogP contribution >= 0.6 is 22.6 Å². The van der Waals surface area contributed by atoms with Gasteiger partial charge in [-0.25, -0.2) is 0 Å². The standard InChI is InChI=1S/C25H39I/c1-2-5-24-20(13-12-19-6-3-4-7-25(19)24)10-8-18-9-11-22-17-23(26)15-14-21(22)16-18/h2,18,20-24H,1,3-17H2/t18?,20?,21?,22?,23-,24?/m0/s1. The molecule has 0 spiro atoms. The van der Waals surface area contributed by atoms with Crippen LogP contribution in [0.25, 0.3) is 0 Å². The van der Waals surface area contributed by atoms with Gasteiger partial charge in [0.25, 0.3) is 0 Å². The first-order valence-corrected chi connectivity index (χ1v) is 12.9. The maximum atomic E-state index is 4.10. The van der Waals surface area contributed by atoms with E-state index in [0.717, 1.165) is 33.5 Å². The first-order valence-electron chi connectivity index (χ1n) is 11.7. The minimum Gasteiger partial charge on any atom is -0.103 e. The van der Waals surface area contributed by atoms with Crippen molar-refractivity contribution in [2.75, 3.05) is 0 Å². The molecule has 4 aliphatic rings. The topological polar surface area (TPSA) is 0 Å². The van der Waals surface area contributed by atoms with Crippen LogP contribution in [-0.4, -0.2) is 3.92 Å². The van der Waals surface area contributed by atoms with Crippen LogP contribution in [0.15, 0.2) is 23.8 Å². The Balaban J connectivity index is 1.32. The molecule has 6 atom stereocenters. The summed E-state index contributed by atoms with van der Waals surface area (Å²) in [6.07, 6.45) is 24.3. The Hall–Kier alpha value is 0.210. The Labute approximate surface area is 175 Å². The molecule has 0 radical (unpaired) electrons. The van der Waals surface area contributed by atoms with Crippen LogP contribution in [0.4, 0.5) is 0 Å². The van der Waals surface area contributed by atoms with Crippen LogP contribution in [0, 0.1) is 29.6 Å². The minimum absolute atomic E-state index is 0.863. The van der Waals surface area contributed by atoms with Crippen molar-refractivity contribution < 1.29 is 0 Å². The van der Waals surface area contributed by atoms with E-state index in [2.05, 4.69) is 35.2 Å². The third kappa shape index (κ3) is 4.44. The van der Waals surface area contributed by atoms with Crippen LogP contribution < -0.4 is 0 Å². The SMILES string of the molecule is C=CCC1C2=C(CCCC2)CCC1CCC1CCC2C[C@@H](I)CCC2C1. The highest BCUT2D eigenvalue weighted by molar-refractivity contribution is 14.1. The maximum absolute atomic E-state index is 4.10. The molecule has 26 heavy (non-hydrogen) atoms. The van der Waals surface area contributed by atoms with Gasteiger partial charge in [0.1, 0.15) is 0 Å². The van der Waals surface area contributed by atoms with Crippen molar-refractivity contribution in [3.63, 3.8) is 0 Å². The van der Waals surface area contributed by atoms with E-state index in [1.54, 1.807) is 12.8 Å². The van der Waals surface area contributed by atoms with E-state index in [1.165, 1.54) is 83.5 Å². The van der Waals surface area contributed by atoms with E-state index < -0.39 is 0 Å². The maximum Gasteiger partial charge on any atom is 0.0112 e. The smallest absolute Gasteiger partial charge is 0.0112 e. The normalized spacial score (nSPS) is 40.7. The molecule has 0 aromatic rings. The van der Waals surface area contributed by atoms with Gasteiger partial charge in [0.2, 0.25) is 0 Å². The third-order valence-electron chi connectivity index (χ3n) is 8.49. The number of alkyl halides is 1. The molecule has 0 amide bonds. The lowest BCUT2D eigenvalue weighted by atomic mass is 9.64. The summed E-state index contributed by atoms with van der Waals surface area (Å²) in [4.78, 5) is 0. The highest BCUT2D eigenvalue weighted by atomic mass is 127. The fourth-order valence-corrected chi connectivity index (χ4v) is 8.08. The van der Waals surface area contributed by atoms with E-state index in [0.29, 0.717) is 0 Å². The van der Waals surface area contributed by atoms with Crippen LogP contribution in [0.5, 0.6) is 0 Å². The summed E-state index contributed by atoms with van der Waals surface area (Å²) in [5.74, 6) is 5.05. The Morgan fingerprint density at radius 1 is 0.885 bits per heavy atom. The van der Waals surface area contributed by atoms with Gasteiger partial charge >= 0.3 is 0 Å². The number of rotatable bonds is 5. The largest absolute Gasteiger partial charge is 0.103 e. The van der Waals surface area contributed by atoms with Gasteiger partial charge in [-0.15, -0.1) is 6.58 Å². The molecular formula is C25H39I. The molecule has 0 bridgehead atoms. The van der Waals surface area contributed by atoms with E-state index in [4.69, 9.17) is 0 Å². The molecule has 0 saturated heterocycles. The van der Waals surface area contributed by atoms with E-state index >= 15 is 0 Å². The van der Waals surface area contributed by atoms with Crippen molar-refractivity contribution in [3.8, 4) is 0 Å². The monoisotopic (exact) mass is 466 g/mol. The molecule has 146 valence electrons. The van der Waals surface area contributed by atoms with E-state index in [-0.39, 0.29) is 0 Å². The van der Waals surface area contributed by atoms with Crippen molar-refractivity contribution in [1.29, 1.82) is 0 Å². The van der Waals surface area contributed by atoms with Gasteiger partial charge in [0.05, 0.1) is 0 Å². The first-order chi connectivity index (χ1) is 12.7. The molecular weight excluding hydrogens is 427 g/mol. The number of fused-ring (bicyclic) bond motifs is 1. The Kier molecular flexibility index (Phi) is 6.86. The van der Waals surface area contributed by atoms with Crippen molar-refractivity contribution >= 4 is 22.6 Å². The lowest BCUT2D eigenvalue weighted by Gasteiger charge is -2.42. The second kappa shape index (κ2) is 9.14. The zero-order chi connectivity index (χ0) is 17.9. The number of hydrogen-bond donors (Lipinski definition) is 0. The van der Waals surface area contributed by atoms with Gasteiger partial charge in [0.15, 0.2) is 0 Å². The minimum atomic E-state index is 0.863. The lowest BCUT2D eigenvalue weighted by Crippen LogP contribution is -2.31. The Morgan fingerprint density at radius 3 is 2.58 bits per heavy atom. The zero-order valence-electron chi connectivity index (χ0n) is 16.7. The zero-order valence-corrected chi connectivity index (χ0v) is 18.9. The molecule has 0 N–H and O–H groups in total. The van der Waals surface area contributed by atoms with Crippen LogP contribution in [0.1, 0.15) is 96.3 Å². The van der Waals surface area contributed by atoms with Crippen LogP contribution in [0.2, 0.25) is 0 Å². The second-order valence-electron chi connectivity index (χ2n) is 9.95. The fourth-order valence-electron chi connectivity index (χ4n) is 7.07. The molecule has 2 fully saturated rings. The van der Waals surface area contributed by atoms with Gasteiger partial charge in [0, 0.05) is 3.92 Å². The molecule has 0 nitrogen and oxygen atoms in total. The van der Waals surface area contributed by atoms with Crippen molar-refractivity contribution in [3.05, 3.63) is 23.8 Å². The molecule has 1 heteroatoms. The molecule has 0 aromatic carbocycles. The molecule has 0 heterocycles. The third-order valence-corrected chi connectivity index (χ3v) is 9.62. The van der Waals surface area contributed by atoms with Gasteiger partial charge in [-0.05, 0) is 113 Å². The summed E-state index contributed by atoms with van der Waals surface area (Å²) >= 11 is 2.71. The number of halogens is 1.